The van der Waals surface area contributed by atoms with Crippen LogP contribution in [0.4, 0.5) is 0 Å². The molecule has 96 valence electrons. The molecule has 4 nitrogen and oxygen atoms in total. The second-order valence-corrected chi connectivity index (χ2v) is 4.00. The number of hydrogen-bond donors (Lipinski definition) is 0. The average molecular weight is 248 g/mol. The van der Waals surface area contributed by atoms with Gasteiger partial charge in [-0.05, 0) is 17.7 Å². The highest BCUT2D eigenvalue weighted by molar-refractivity contribution is 5.81. The minimum Gasteiger partial charge on any atom is -0.489 e. The van der Waals surface area contributed by atoms with Crippen molar-refractivity contribution in [2.45, 2.75) is 12.5 Å². The van der Waals surface area contributed by atoms with Crippen LogP contribution in [0.2, 0.25) is 0 Å². The van der Waals surface area contributed by atoms with Gasteiger partial charge in [0.1, 0.15) is 12.4 Å². The molecule has 4 heteroatoms. The first kappa shape index (κ1) is 12.6. The van der Waals surface area contributed by atoms with Gasteiger partial charge >= 0.3 is 5.97 Å². The number of methoxy groups -OCH3 is 1. The minimum absolute atomic E-state index is 0.334. The molecule has 1 fully saturated rings. The molecule has 1 aromatic rings. The van der Waals surface area contributed by atoms with Gasteiger partial charge < -0.3 is 14.2 Å². The van der Waals surface area contributed by atoms with E-state index in [1.807, 2.05) is 24.3 Å². The Morgan fingerprint density at radius 2 is 2.28 bits per heavy atom. The van der Waals surface area contributed by atoms with Gasteiger partial charge in [0.15, 0.2) is 0 Å². The highest BCUT2D eigenvalue weighted by atomic mass is 16.6. The Kier molecular flexibility index (Phi) is 4.36. The molecule has 1 aromatic carbocycles. The van der Waals surface area contributed by atoms with E-state index in [0.717, 1.165) is 24.3 Å². The Morgan fingerprint density at radius 1 is 1.50 bits per heavy atom. The lowest BCUT2D eigenvalue weighted by molar-refractivity contribution is -0.134. The fourth-order valence-corrected chi connectivity index (χ4v) is 1.59. The zero-order valence-corrected chi connectivity index (χ0v) is 10.3. The van der Waals surface area contributed by atoms with Crippen LogP contribution >= 0.6 is 0 Å². The number of carbonyl (C=O) groups is 1. The fourth-order valence-electron chi connectivity index (χ4n) is 1.59. The second-order valence-electron chi connectivity index (χ2n) is 4.00. The summed E-state index contributed by atoms with van der Waals surface area (Å²) in [5.41, 5.74) is 1.13. The van der Waals surface area contributed by atoms with E-state index in [1.165, 1.54) is 13.2 Å². The van der Waals surface area contributed by atoms with Crippen molar-refractivity contribution < 1.29 is 19.0 Å². The number of rotatable bonds is 6. The smallest absolute Gasteiger partial charge is 0.330 e. The highest BCUT2D eigenvalue weighted by Gasteiger charge is 2.23. The van der Waals surface area contributed by atoms with Crippen LogP contribution in [-0.2, 0) is 20.7 Å². The maximum Gasteiger partial charge on any atom is 0.330 e. The molecule has 1 aliphatic heterocycles. The zero-order chi connectivity index (χ0) is 12.8. The summed E-state index contributed by atoms with van der Waals surface area (Å²) in [7, 11) is 1.35. The molecule has 0 radical (unpaired) electrons. The predicted molar refractivity (Wildman–Crippen MR) is 66.5 cm³/mol. The molecular weight excluding hydrogens is 232 g/mol. The van der Waals surface area contributed by atoms with Crippen LogP contribution < -0.4 is 4.74 Å². The highest BCUT2D eigenvalue weighted by Crippen LogP contribution is 2.24. The molecule has 1 saturated heterocycles. The van der Waals surface area contributed by atoms with Crippen molar-refractivity contribution in [3.05, 3.63) is 42.0 Å². The lowest BCUT2D eigenvalue weighted by atomic mass is 10.1. The van der Waals surface area contributed by atoms with Gasteiger partial charge in [0, 0.05) is 12.5 Å². The Balaban J connectivity index is 1.87. The summed E-state index contributed by atoms with van der Waals surface area (Å²) in [4.78, 5) is 10.9. The molecule has 0 saturated carbocycles. The third-order valence-electron chi connectivity index (χ3n) is 2.61. The zero-order valence-electron chi connectivity index (χ0n) is 10.3. The monoisotopic (exact) mass is 248 g/mol. The lowest BCUT2D eigenvalue weighted by Gasteiger charge is -2.08. The van der Waals surface area contributed by atoms with Gasteiger partial charge in [0.05, 0.1) is 19.8 Å². The van der Waals surface area contributed by atoms with Crippen molar-refractivity contribution in [3.63, 3.8) is 0 Å². The van der Waals surface area contributed by atoms with Gasteiger partial charge in [-0.2, -0.15) is 0 Å². The van der Waals surface area contributed by atoms with Gasteiger partial charge in [-0.25, -0.2) is 4.79 Å². The summed E-state index contributed by atoms with van der Waals surface area (Å²) in [6, 6.07) is 7.86. The van der Waals surface area contributed by atoms with Crippen molar-refractivity contribution >= 4 is 5.97 Å². The molecule has 1 aliphatic rings. The van der Waals surface area contributed by atoms with E-state index in [0.29, 0.717) is 12.7 Å². The Hall–Kier alpha value is -1.81. The third-order valence-corrected chi connectivity index (χ3v) is 2.61. The van der Waals surface area contributed by atoms with Crippen molar-refractivity contribution in [1.82, 2.24) is 0 Å². The summed E-state index contributed by atoms with van der Waals surface area (Å²) in [5.74, 6) is 0.459. The number of para-hydroxylation sites is 1. The number of epoxide rings is 1. The summed E-state index contributed by atoms with van der Waals surface area (Å²) in [6.45, 7) is 1.17. The van der Waals surface area contributed by atoms with E-state index in [4.69, 9.17) is 9.47 Å². The van der Waals surface area contributed by atoms with Gasteiger partial charge in [-0.3, -0.25) is 0 Å². The van der Waals surface area contributed by atoms with Crippen molar-refractivity contribution in [3.8, 4) is 5.75 Å². The Bertz CT molecular complexity index is 435. The average Bonchev–Trinajstić information content (AvgIpc) is 3.20. The molecule has 0 bridgehead atoms. The molecule has 1 heterocycles. The molecule has 2 rings (SSSR count). The lowest BCUT2D eigenvalue weighted by Crippen LogP contribution is -2.01. The van der Waals surface area contributed by atoms with E-state index in [-0.39, 0.29) is 5.97 Å². The maximum atomic E-state index is 10.9. The summed E-state index contributed by atoms with van der Waals surface area (Å²) >= 11 is 0. The largest absolute Gasteiger partial charge is 0.489 e. The molecular formula is C14H16O4. The van der Waals surface area contributed by atoms with Gasteiger partial charge in [-0.1, -0.05) is 18.2 Å². The molecule has 1 unspecified atom stereocenters. The Morgan fingerprint density at radius 3 is 3.00 bits per heavy atom. The molecule has 0 aliphatic carbocycles. The van der Waals surface area contributed by atoms with Crippen LogP contribution in [0.1, 0.15) is 5.56 Å². The first-order valence-electron chi connectivity index (χ1n) is 5.86. The number of ether oxygens (including phenoxy) is 3. The van der Waals surface area contributed by atoms with E-state index in [1.54, 1.807) is 6.08 Å². The van der Waals surface area contributed by atoms with Crippen LogP contribution in [0.15, 0.2) is 36.4 Å². The van der Waals surface area contributed by atoms with Crippen molar-refractivity contribution in [2.24, 2.45) is 0 Å². The number of benzene rings is 1. The van der Waals surface area contributed by atoms with E-state index in [2.05, 4.69) is 4.74 Å². The van der Waals surface area contributed by atoms with E-state index >= 15 is 0 Å². The van der Waals surface area contributed by atoms with E-state index in [9.17, 15) is 4.79 Å². The number of hydrogen-bond acceptors (Lipinski definition) is 4. The quantitative estimate of drug-likeness (QED) is 0.437. The van der Waals surface area contributed by atoms with Crippen LogP contribution in [0.3, 0.4) is 0 Å². The molecule has 0 aromatic heterocycles. The number of esters is 1. The summed E-state index contributed by atoms with van der Waals surface area (Å²) in [5, 5.41) is 0. The fraction of sp³-hybridized carbons (Fsp3) is 0.357. The van der Waals surface area contributed by atoms with Gasteiger partial charge in [-0.15, -0.1) is 0 Å². The second kappa shape index (κ2) is 6.21. The Labute approximate surface area is 106 Å². The maximum absolute atomic E-state index is 10.9. The third kappa shape index (κ3) is 3.89. The standard InChI is InChI=1S/C14H16O4/c1-16-14(15)7-4-8-17-13-6-3-2-5-11(13)9-12-10-18-12/h2-7,12H,8-10H2,1H3/b7-4+. The first-order chi connectivity index (χ1) is 8.79. The van der Waals surface area contributed by atoms with Crippen molar-refractivity contribution in [2.75, 3.05) is 20.3 Å². The SMILES string of the molecule is COC(=O)/C=C/COc1ccccc1CC1CO1. The molecule has 1 atom stereocenters. The van der Waals surface area contributed by atoms with Crippen molar-refractivity contribution in [1.29, 1.82) is 0 Å². The van der Waals surface area contributed by atoms with E-state index < -0.39 is 0 Å². The first-order valence-corrected chi connectivity index (χ1v) is 5.86. The molecule has 0 spiro atoms. The van der Waals surface area contributed by atoms with Crippen LogP contribution in [0.5, 0.6) is 5.75 Å². The topological polar surface area (TPSA) is 48.1 Å². The van der Waals surface area contributed by atoms with Gasteiger partial charge in [0.25, 0.3) is 0 Å². The van der Waals surface area contributed by atoms with Crippen LogP contribution in [0, 0.1) is 0 Å². The van der Waals surface area contributed by atoms with Crippen LogP contribution in [-0.4, -0.2) is 32.4 Å². The van der Waals surface area contributed by atoms with Crippen LogP contribution in [0.25, 0.3) is 0 Å². The molecule has 18 heavy (non-hydrogen) atoms. The minimum atomic E-state index is -0.377. The van der Waals surface area contributed by atoms with Gasteiger partial charge in [0.2, 0.25) is 0 Å². The molecule has 0 N–H and O–H groups in total. The number of carbonyl (C=O) groups excluding carboxylic acids is 1. The predicted octanol–water partition coefficient (Wildman–Crippen LogP) is 1.74. The normalized spacial score (nSPS) is 17.7. The summed E-state index contributed by atoms with van der Waals surface area (Å²) in [6.07, 6.45) is 4.19. The summed E-state index contributed by atoms with van der Waals surface area (Å²) < 4.78 is 15.3. The molecule has 0 amide bonds.